The van der Waals surface area contributed by atoms with Crippen molar-refractivity contribution >= 4 is 64.1 Å². The molecular formula is C23H18Cl2N2O5S. The highest BCUT2D eigenvalue weighted by molar-refractivity contribution is 8.18. The Morgan fingerprint density at radius 2 is 1.67 bits per heavy atom. The third-order valence-corrected chi connectivity index (χ3v) is 6.56. The summed E-state index contributed by atoms with van der Waals surface area (Å²) in [5, 5.41) is 0.314. The molecule has 2 aliphatic heterocycles. The first-order chi connectivity index (χ1) is 15.8. The van der Waals surface area contributed by atoms with Gasteiger partial charge < -0.3 is 9.64 Å². The Morgan fingerprint density at radius 3 is 2.36 bits per heavy atom. The van der Waals surface area contributed by atoms with E-state index in [9.17, 15) is 19.2 Å². The maximum atomic E-state index is 12.8. The smallest absolute Gasteiger partial charge is 0.343 e. The van der Waals surface area contributed by atoms with Crippen LogP contribution in [0.4, 0.5) is 4.79 Å². The molecule has 0 unspecified atom stereocenters. The number of benzene rings is 2. The molecule has 0 N–H and O–H groups in total. The molecule has 2 heterocycles. The highest BCUT2D eigenvalue weighted by atomic mass is 35.5. The fraction of sp³-hybridized carbons (Fsp3) is 0.217. The van der Waals surface area contributed by atoms with Gasteiger partial charge in [-0.3, -0.25) is 19.3 Å². The molecule has 0 atom stereocenters. The number of hydrogen-bond donors (Lipinski definition) is 0. The maximum Gasteiger partial charge on any atom is 0.343 e. The number of likely N-dealkylation sites (tertiary alicyclic amines) is 1. The molecule has 2 aromatic rings. The van der Waals surface area contributed by atoms with E-state index in [1.165, 1.54) is 30.3 Å². The van der Waals surface area contributed by atoms with Crippen molar-refractivity contribution in [2.45, 2.75) is 12.8 Å². The summed E-state index contributed by atoms with van der Waals surface area (Å²) < 4.78 is 5.49. The van der Waals surface area contributed by atoms with Crippen molar-refractivity contribution in [3.8, 4) is 5.75 Å². The van der Waals surface area contributed by atoms with Crippen LogP contribution in [0.2, 0.25) is 10.0 Å². The van der Waals surface area contributed by atoms with Gasteiger partial charge in [-0.1, -0.05) is 23.2 Å². The molecular weight excluding hydrogens is 487 g/mol. The number of halogens is 2. The number of imide groups is 1. The number of amides is 3. The first-order valence-electron chi connectivity index (χ1n) is 10.1. The third kappa shape index (κ3) is 5.40. The fourth-order valence-corrected chi connectivity index (χ4v) is 4.58. The zero-order valence-corrected chi connectivity index (χ0v) is 19.6. The molecule has 0 spiro atoms. The summed E-state index contributed by atoms with van der Waals surface area (Å²) in [6.45, 7) is 0.974. The van der Waals surface area contributed by atoms with Gasteiger partial charge in [0.2, 0.25) is 5.91 Å². The number of ether oxygens (including phenoxy) is 1. The Balaban J connectivity index is 1.54. The highest BCUT2D eigenvalue weighted by Crippen LogP contribution is 2.35. The molecule has 0 radical (unpaired) electrons. The number of esters is 1. The van der Waals surface area contributed by atoms with Crippen LogP contribution in [0.5, 0.6) is 5.75 Å². The third-order valence-electron chi connectivity index (χ3n) is 5.17. The first-order valence-corrected chi connectivity index (χ1v) is 11.7. The second kappa shape index (κ2) is 9.99. The lowest BCUT2D eigenvalue weighted by Gasteiger charge is -2.18. The highest BCUT2D eigenvalue weighted by Gasteiger charge is 2.37. The van der Waals surface area contributed by atoms with Gasteiger partial charge in [-0.2, -0.15) is 0 Å². The average Bonchev–Trinajstić information content (AvgIpc) is 3.41. The van der Waals surface area contributed by atoms with Crippen molar-refractivity contribution in [2.24, 2.45) is 0 Å². The van der Waals surface area contributed by atoms with E-state index in [0.717, 1.165) is 29.5 Å². The predicted molar refractivity (Wildman–Crippen MR) is 126 cm³/mol. The van der Waals surface area contributed by atoms with Crippen LogP contribution < -0.4 is 4.74 Å². The van der Waals surface area contributed by atoms with E-state index in [0.29, 0.717) is 34.3 Å². The van der Waals surface area contributed by atoms with E-state index in [2.05, 4.69) is 0 Å². The molecule has 7 nitrogen and oxygen atoms in total. The van der Waals surface area contributed by atoms with Crippen molar-refractivity contribution in [1.82, 2.24) is 9.80 Å². The van der Waals surface area contributed by atoms with Gasteiger partial charge in [0.15, 0.2) is 0 Å². The maximum absolute atomic E-state index is 12.8. The quantitative estimate of drug-likeness (QED) is 0.328. The lowest BCUT2D eigenvalue weighted by Crippen LogP contribution is -2.40. The summed E-state index contributed by atoms with van der Waals surface area (Å²) in [5.41, 5.74) is 0.641. The monoisotopic (exact) mass is 504 g/mol. The molecule has 0 aliphatic carbocycles. The van der Waals surface area contributed by atoms with Crippen LogP contribution in [0.1, 0.15) is 28.8 Å². The number of hydrogen-bond acceptors (Lipinski definition) is 6. The van der Waals surface area contributed by atoms with Gasteiger partial charge in [-0.25, -0.2) is 4.79 Å². The summed E-state index contributed by atoms with van der Waals surface area (Å²) in [7, 11) is 0. The summed E-state index contributed by atoms with van der Waals surface area (Å²) in [4.78, 5) is 52.9. The molecule has 33 heavy (non-hydrogen) atoms. The van der Waals surface area contributed by atoms with Gasteiger partial charge in [0, 0.05) is 28.7 Å². The second-order valence-corrected chi connectivity index (χ2v) is 9.30. The topological polar surface area (TPSA) is 84.0 Å². The van der Waals surface area contributed by atoms with Gasteiger partial charge in [0.25, 0.3) is 11.1 Å². The molecule has 3 amide bonds. The molecule has 2 aliphatic rings. The lowest BCUT2D eigenvalue weighted by molar-refractivity contribution is -0.135. The molecule has 2 saturated heterocycles. The van der Waals surface area contributed by atoms with Crippen molar-refractivity contribution in [3.63, 3.8) is 0 Å². The Kier molecular flexibility index (Phi) is 7.07. The van der Waals surface area contributed by atoms with Crippen LogP contribution in [0, 0.1) is 0 Å². The molecule has 10 heteroatoms. The SMILES string of the molecule is O=C(Oc1ccc(Cl)cc1/C=C1\SC(=O)N(CC(=O)N2CCCC2)C1=O)c1ccc(Cl)cc1. The van der Waals surface area contributed by atoms with E-state index in [1.807, 2.05) is 0 Å². The minimum Gasteiger partial charge on any atom is -0.422 e. The molecule has 0 bridgehead atoms. The number of rotatable bonds is 5. The van der Waals surface area contributed by atoms with Crippen molar-refractivity contribution in [2.75, 3.05) is 19.6 Å². The Bertz CT molecular complexity index is 1160. The van der Waals surface area contributed by atoms with E-state index in [4.69, 9.17) is 27.9 Å². The molecule has 170 valence electrons. The van der Waals surface area contributed by atoms with Crippen molar-refractivity contribution in [1.29, 1.82) is 0 Å². The Hall–Kier alpha value is -2.81. The van der Waals surface area contributed by atoms with Gasteiger partial charge in [0.1, 0.15) is 12.3 Å². The Labute approximate surface area is 204 Å². The van der Waals surface area contributed by atoms with Gasteiger partial charge >= 0.3 is 5.97 Å². The van der Waals surface area contributed by atoms with Crippen LogP contribution in [-0.2, 0) is 9.59 Å². The van der Waals surface area contributed by atoms with Crippen molar-refractivity contribution in [3.05, 3.63) is 68.5 Å². The molecule has 4 rings (SSSR count). The normalized spacial score (nSPS) is 17.2. The number of carbonyl (C=O) groups excluding carboxylic acids is 4. The van der Waals surface area contributed by atoms with Gasteiger partial charge in [0.05, 0.1) is 10.5 Å². The zero-order valence-electron chi connectivity index (χ0n) is 17.3. The summed E-state index contributed by atoms with van der Waals surface area (Å²) in [5.74, 6) is -1.28. The first kappa shape index (κ1) is 23.4. The van der Waals surface area contributed by atoms with Crippen LogP contribution in [0.25, 0.3) is 6.08 Å². The number of carbonyl (C=O) groups is 4. The molecule has 0 aromatic heterocycles. The largest absolute Gasteiger partial charge is 0.422 e. The van der Waals surface area contributed by atoms with Crippen LogP contribution in [-0.4, -0.2) is 52.5 Å². The van der Waals surface area contributed by atoms with E-state index >= 15 is 0 Å². The van der Waals surface area contributed by atoms with E-state index < -0.39 is 17.1 Å². The Morgan fingerprint density at radius 1 is 1.00 bits per heavy atom. The van der Waals surface area contributed by atoms with E-state index in [1.54, 1.807) is 23.1 Å². The van der Waals surface area contributed by atoms with Crippen LogP contribution in [0.15, 0.2) is 47.4 Å². The minimum atomic E-state index is -0.618. The predicted octanol–water partition coefficient (Wildman–Crippen LogP) is 4.87. The summed E-state index contributed by atoms with van der Waals surface area (Å²) >= 11 is 12.7. The standard InChI is InChI=1S/C23H18Cl2N2O5S/c24-16-5-3-14(4-6-16)22(30)32-18-8-7-17(25)11-15(18)12-19-21(29)27(23(31)33-19)13-20(28)26-9-1-2-10-26/h3-8,11-12H,1-2,9-10,13H2/b19-12-. The molecule has 0 saturated carbocycles. The van der Waals surface area contributed by atoms with Crippen molar-refractivity contribution < 1.29 is 23.9 Å². The average molecular weight is 505 g/mol. The molecule has 2 aromatic carbocycles. The summed E-state index contributed by atoms with van der Waals surface area (Å²) in [6.07, 6.45) is 3.27. The van der Waals surface area contributed by atoms with Gasteiger partial charge in [-0.05, 0) is 73.1 Å². The lowest BCUT2D eigenvalue weighted by atomic mass is 10.1. The second-order valence-electron chi connectivity index (χ2n) is 7.43. The van der Waals surface area contributed by atoms with Crippen LogP contribution >= 0.6 is 35.0 Å². The number of thioether (sulfide) groups is 1. The number of nitrogens with zero attached hydrogens (tertiary/aromatic N) is 2. The molecule has 2 fully saturated rings. The fourth-order valence-electron chi connectivity index (χ4n) is 3.45. The minimum absolute atomic E-state index is 0.111. The van der Waals surface area contributed by atoms with E-state index in [-0.39, 0.29) is 23.1 Å². The van der Waals surface area contributed by atoms with Crippen LogP contribution in [0.3, 0.4) is 0 Å². The van der Waals surface area contributed by atoms with Gasteiger partial charge in [-0.15, -0.1) is 0 Å². The zero-order chi connectivity index (χ0) is 23.5. The summed E-state index contributed by atoms with van der Waals surface area (Å²) in [6, 6.07) is 10.8.